The Hall–Kier alpha value is -1.12. The van der Waals surface area contributed by atoms with Gasteiger partial charge >= 0.3 is 0 Å². The van der Waals surface area contributed by atoms with E-state index in [4.69, 9.17) is 5.73 Å². The van der Waals surface area contributed by atoms with E-state index in [-0.39, 0.29) is 0 Å². The highest BCUT2D eigenvalue weighted by Crippen LogP contribution is 2.40. The van der Waals surface area contributed by atoms with Crippen LogP contribution in [0.15, 0.2) is 35.9 Å². The van der Waals surface area contributed by atoms with E-state index in [9.17, 15) is 0 Å². The molecule has 1 aromatic carbocycles. The van der Waals surface area contributed by atoms with Crippen molar-refractivity contribution in [1.82, 2.24) is 5.32 Å². The third-order valence-electron chi connectivity index (χ3n) is 4.77. The molecule has 0 aliphatic heterocycles. The minimum absolute atomic E-state index is 0.473. The van der Waals surface area contributed by atoms with Crippen LogP contribution >= 0.6 is 0 Å². The molecule has 0 radical (unpaired) electrons. The first-order valence-electron chi connectivity index (χ1n) is 8.00. The molecule has 2 fully saturated rings. The molecule has 0 aromatic heterocycles. The molecule has 2 atom stereocenters. The monoisotopic (exact) mass is 270 g/mol. The van der Waals surface area contributed by atoms with Crippen LogP contribution < -0.4 is 11.1 Å². The summed E-state index contributed by atoms with van der Waals surface area (Å²) in [4.78, 5) is 0. The van der Waals surface area contributed by atoms with Gasteiger partial charge in [0.25, 0.3) is 0 Å². The minimum Gasteiger partial charge on any atom is -0.328 e. The summed E-state index contributed by atoms with van der Waals surface area (Å²) < 4.78 is 0. The maximum Gasteiger partial charge on any atom is 0.0140 e. The van der Waals surface area contributed by atoms with E-state index in [1.54, 1.807) is 5.57 Å². The largest absolute Gasteiger partial charge is 0.328 e. The molecule has 20 heavy (non-hydrogen) atoms. The molecule has 0 spiro atoms. The summed E-state index contributed by atoms with van der Waals surface area (Å²) in [6.07, 6.45) is 7.28. The predicted octanol–water partition coefficient (Wildman–Crippen LogP) is 3.20. The first-order chi connectivity index (χ1) is 9.76. The molecule has 2 saturated carbocycles. The molecule has 0 heterocycles. The third kappa shape index (κ3) is 3.31. The van der Waals surface area contributed by atoms with Crippen molar-refractivity contribution in [3.63, 3.8) is 0 Å². The van der Waals surface area contributed by atoms with Gasteiger partial charge in [-0.1, -0.05) is 48.9 Å². The Morgan fingerprint density at radius 3 is 2.65 bits per heavy atom. The van der Waals surface area contributed by atoms with E-state index in [0.29, 0.717) is 12.1 Å². The van der Waals surface area contributed by atoms with Crippen molar-refractivity contribution in [2.45, 2.75) is 44.7 Å². The molecule has 2 nitrogen and oxygen atoms in total. The second kappa shape index (κ2) is 6.11. The summed E-state index contributed by atoms with van der Waals surface area (Å²) in [6, 6.07) is 11.9. The summed E-state index contributed by atoms with van der Waals surface area (Å²) in [5.41, 5.74) is 8.77. The van der Waals surface area contributed by atoms with Crippen molar-refractivity contribution >= 4 is 6.08 Å². The van der Waals surface area contributed by atoms with Crippen molar-refractivity contribution in [2.24, 2.45) is 17.6 Å². The Labute approximate surface area is 122 Å². The van der Waals surface area contributed by atoms with E-state index in [1.165, 1.54) is 24.8 Å². The number of hydrogen-bond acceptors (Lipinski definition) is 2. The van der Waals surface area contributed by atoms with Gasteiger partial charge in [-0.3, -0.25) is 0 Å². The fraction of sp³-hybridized carbons (Fsp3) is 0.556. The lowest BCUT2D eigenvalue weighted by molar-refractivity contribution is 0.255. The summed E-state index contributed by atoms with van der Waals surface area (Å²) in [5.74, 6) is 1.59. The predicted molar refractivity (Wildman–Crippen MR) is 85.3 cm³/mol. The molecule has 108 valence electrons. The van der Waals surface area contributed by atoms with Crippen LogP contribution in [0.5, 0.6) is 0 Å². The van der Waals surface area contributed by atoms with Crippen LogP contribution in [-0.2, 0) is 0 Å². The van der Waals surface area contributed by atoms with E-state index in [1.807, 2.05) is 0 Å². The Morgan fingerprint density at radius 2 is 2.00 bits per heavy atom. The lowest BCUT2D eigenvalue weighted by Crippen LogP contribution is -2.42. The number of nitrogens with two attached hydrogens (primary N) is 1. The van der Waals surface area contributed by atoms with Gasteiger partial charge in [0, 0.05) is 12.1 Å². The molecule has 3 rings (SSSR count). The SMILES string of the molecule is CC/C(=C\c1ccccc1)[C@@H]1C[C@H]1NC[C@H]1C[C@H](N)C1. The van der Waals surface area contributed by atoms with Gasteiger partial charge in [0.1, 0.15) is 0 Å². The van der Waals surface area contributed by atoms with E-state index < -0.39 is 0 Å². The molecule has 0 saturated heterocycles. The molecule has 2 aliphatic rings. The Bertz CT molecular complexity index is 460. The highest BCUT2D eigenvalue weighted by Gasteiger charge is 2.39. The topological polar surface area (TPSA) is 38.0 Å². The molecular weight excluding hydrogens is 244 g/mol. The standard InChI is InChI=1S/C18H26N2/c1-2-15(8-13-6-4-3-5-7-13)17-11-18(17)20-12-14-9-16(19)10-14/h3-8,14,16-18,20H,2,9-12,19H2,1H3/b15-8+/t14-,16-,17-,18+/m0/s1. The van der Waals surface area contributed by atoms with Crippen molar-refractivity contribution in [2.75, 3.05) is 6.54 Å². The van der Waals surface area contributed by atoms with Crippen LogP contribution in [-0.4, -0.2) is 18.6 Å². The summed E-state index contributed by atoms with van der Waals surface area (Å²) in [7, 11) is 0. The Kier molecular flexibility index (Phi) is 4.23. The average molecular weight is 270 g/mol. The van der Waals surface area contributed by atoms with E-state index >= 15 is 0 Å². The molecule has 3 N–H and O–H groups in total. The normalized spacial score (nSPS) is 32.8. The van der Waals surface area contributed by atoms with Gasteiger partial charge in [0.15, 0.2) is 0 Å². The lowest BCUT2D eigenvalue weighted by Gasteiger charge is -2.32. The Morgan fingerprint density at radius 1 is 1.25 bits per heavy atom. The van der Waals surface area contributed by atoms with Gasteiger partial charge in [-0.2, -0.15) is 0 Å². The van der Waals surface area contributed by atoms with Crippen LogP contribution in [0.2, 0.25) is 0 Å². The zero-order valence-corrected chi connectivity index (χ0v) is 12.4. The van der Waals surface area contributed by atoms with Crippen molar-refractivity contribution in [1.29, 1.82) is 0 Å². The number of rotatable bonds is 6. The molecule has 0 bridgehead atoms. The molecule has 1 aromatic rings. The van der Waals surface area contributed by atoms with Crippen LogP contribution in [0.25, 0.3) is 6.08 Å². The molecule has 2 aliphatic carbocycles. The lowest BCUT2D eigenvalue weighted by atomic mass is 9.81. The van der Waals surface area contributed by atoms with Gasteiger partial charge in [-0.05, 0) is 49.6 Å². The second-order valence-electron chi connectivity index (χ2n) is 6.44. The van der Waals surface area contributed by atoms with Gasteiger partial charge in [0.05, 0.1) is 0 Å². The fourth-order valence-corrected chi connectivity index (χ4v) is 3.34. The van der Waals surface area contributed by atoms with Gasteiger partial charge in [-0.15, -0.1) is 0 Å². The summed E-state index contributed by atoms with van der Waals surface area (Å²) in [6.45, 7) is 3.44. The number of nitrogens with one attached hydrogen (secondary N) is 1. The highest BCUT2D eigenvalue weighted by atomic mass is 15.0. The van der Waals surface area contributed by atoms with Crippen molar-refractivity contribution in [3.05, 3.63) is 41.5 Å². The second-order valence-corrected chi connectivity index (χ2v) is 6.44. The zero-order chi connectivity index (χ0) is 13.9. The van der Waals surface area contributed by atoms with Crippen molar-refractivity contribution in [3.8, 4) is 0 Å². The minimum atomic E-state index is 0.473. The molecule has 2 heteroatoms. The smallest absolute Gasteiger partial charge is 0.0140 e. The third-order valence-corrected chi connectivity index (χ3v) is 4.77. The van der Waals surface area contributed by atoms with Gasteiger partial charge in [0.2, 0.25) is 0 Å². The van der Waals surface area contributed by atoms with E-state index in [2.05, 4.69) is 48.6 Å². The first kappa shape index (κ1) is 13.8. The average Bonchev–Trinajstić information content (AvgIpc) is 3.20. The number of hydrogen-bond donors (Lipinski definition) is 2. The van der Waals surface area contributed by atoms with Crippen LogP contribution in [0.4, 0.5) is 0 Å². The highest BCUT2D eigenvalue weighted by molar-refractivity contribution is 5.54. The molecular formula is C18H26N2. The van der Waals surface area contributed by atoms with Crippen LogP contribution in [0.1, 0.15) is 38.2 Å². The maximum atomic E-state index is 5.84. The van der Waals surface area contributed by atoms with Crippen LogP contribution in [0, 0.1) is 11.8 Å². The quantitative estimate of drug-likeness (QED) is 0.833. The maximum absolute atomic E-state index is 5.84. The van der Waals surface area contributed by atoms with Crippen LogP contribution in [0.3, 0.4) is 0 Å². The van der Waals surface area contributed by atoms with Gasteiger partial charge < -0.3 is 11.1 Å². The van der Waals surface area contributed by atoms with Gasteiger partial charge in [-0.25, -0.2) is 0 Å². The van der Waals surface area contributed by atoms with Crippen molar-refractivity contribution < 1.29 is 0 Å². The first-order valence-corrected chi connectivity index (χ1v) is 8.00. The summed E-state index contributed by atoms with van der Waals surface area (Å²) >= 11 is 0. The molecule has 0 amide bonds. The van der Waals surface area contributed by atoms with E-state index in [0.717, 1.165) is 24.8 Å². The summed E-state index contributed by atoms with van der Waals surface area (Å²) in [5, 5.41) is 3.73. The molecule has 0 unspecified atom stereocenters. The Balaban J connectivity index is 1.50. The fourth-order valence-electron chi connectivity index (χ4n) is 3.34. The zero-order valence-electron chi connectivity index (χ0n) is 12.4. The number of benzene rings is 1.